The summed E-state index contributed by atoms with van der Waals surface area (Å²) in [4.78, 5) is 10.8. The molecule has 0 atom stereocenters. The SMILES string of the molecule is CN(c1ccc(Cl)cc1)S(=O)(=O)c1ccc(C(=O)O)cc1. The van der Waals surface area contributed by atoms with Gasteiger partial charge in [0.1, 0.15) is 0 Å². The molecule has 0 bridgehead atoms. The van der Waals surface area contributed by atoms with Crippen molar-refractivity contribution in [3.63, 3.8) is 0 Å². The molecule has 0 heterocycles. The van der Waals surface area contributed by atoms with Crippen LogP contribution in [0.2, 0.25) is 5.02 Å². The average Bonchev–Trinajstić information content (AvgIpc) is 2.47. The first-order chi connectivity index (χ1) is 9.82. The van der Waals surface area contributed by atoms with Crippen LogP contribution in [-0.2, 0) is 10.0 Å². The van der Waals surface area contributed by atoms with E-state index in [0.29, 0.717) is 10.7 Å². The molecule has 5 nitrogen and oxygen atoms in total. The number of aromatic carboxylic acids is 1. The Morgan fingerprint density at radius 3 is 2.05 bits per heavy atom. The van der Waals surface area contributed by atoms with Crippen LogP contribution >= 0.6 is 11.6 Å². The molecular weight excluding hydrogens is 314 g/mol. The third kappa shape index (κ3) is 3.17. The number of carbonyl (C=O) groups is 1. The van der Waals surface area contributed by atoms with E-state index in [1.807, 2.05) is 0 Å². The number of hydrogen-bond donors (Lipinski definition) is 1. The molecule has 0 saturated carbocycles. The summed E-state index contributed by atoms with van der Waals surface area (Å²) in [5.74, 6) is -1.11. The molecule has 0 unspecified atom stereocenters. The van der Waals surface area contributed by atoms with Crippen LogP contribution < -0.4 is 4.31 Å². The Kier molecular flexibility index (Phi) is 4.20. The quantitative estimate of drug-likeness (QED) is 0.938. The van der Waals surface area contributed by atoms with Gasteiger partial charge in [-0.3, -0.25) is 4.31 Å². The lowest BCUT2D eigenvalue weighted by molar-refractivity contribution is 0.0697. The van der Waals surface area contributed by atoms with Gasteiger partial charge in [0.05, 0.1) is 16.1 Å². The summed E-state index contributed by atoms with van der Waals surface area (Å²) >= 11 is 5.77. The summed E-state index contributed by atoms with van der Waals surface area (Å²) in [6.07, 6.45) is 0. The van der Waals surface area contributed by atoms with Crippen LogP contribution in [0.5, 0.6) is 0 Å². The molecule has 0 amide bonds. The van der Waals surface area contributed by atoms with Crippen molar-refractivity contribution in [1.29, 1.82) is 0 Å². The third-order valence-corrected chi connectivity index (χ3v) is 5.00. The molecular formula is C14H12ClNO4S. The Labute approximate surface area is 127 Å². The Bertz CT molecular complexity index is 755. The van der Waals surface area contributed by atoms with Crippen LogP contribution in [0.1, 0.15) is 10.4 Å². The highest BCUT2D eigenvalue weighted by Crippen LogP contribution is 2.23. The van der Waals surface area contributed by atoms with E-state index in [1.54, 1.807) is 24.3 Å². The van der Waals surface area contributed by atoms with Gasteiger partial charge in [-0.2, -0.15) is 0 Å². The molecule has 2 rings (SSSR count). The lowest BCUT2D eigenvalue weighted by Gasteiger charge is -2.19. The van der Waals surface area contributed by atoms with Crippen LogP contribution in [0.4, 0.5) is 5.69 Å². The van der Waals surface area contributed by atoms with Gasteiger partial charge in [0.25, 0.3) is 10.0 Å². The summed E-state index contributed by atoms with van der Waals surface area (Å²) in [5, 5.41) is 9.33. The minimum Gasteiger partial charge on any atom is -0.478 e. The fourth-order valence-electron chi connectivity index (χ4n) is 1.72. The van der Waals surface area contributed by atoms with Gasteiger partial charge >= 0.3 is 5.97 Å². The second-order valence-corrected chi connectivity index (χ2v) is 6.68. The molecule has 0 aliphatic heterocycles. The van der Waals surface area contributed by atoms with Crippen LogP contribution in [-0.4, -0.2) is 26.5 Å². The van der Waals surface area contributed by atoms with Gasteiger partial charge < -0.3 is 5.11 Å². The number of hydrogen-bond acceptors (Lipinski definition) is 3. The van der Waals surface area contributed by atoms with E-state index in [1.165, 1.54) is 31.3 Å². The van der Waals surface area contributed by atoms with Crippen LogP contribution in [0, 0.1) is 0 Å². The average molecular weight is 326 g/mol. The lowest BCUT2D eigenvalue weighted by Crippen LogP contribution is -2.26. The van der Waals surface area contributed by atoms with E-state index in [9.17, 15) is 13.2 Å². The van der Waals surface area contributed by atoms with Gasteiger partial charge in [0.15, 0.2) is 0 Å². The van der Waals surface area contributed by atoms with Gasteiger partial charge in [0.2, 0.25) is 0 Å². The normalized spacial score (nSPS) is 11.1. The lowest BCUT2D eigenvalue weighted by atomic mass is 10.2. The maximum absolute atomic E-state index is 12.4. The van der Waals surface area contributed by atoms with Crippen molar-refractivity contribution in [1.82, 2.24) is 0 Å². The number of benzene rings is 2. The highest BCUT2D eigenvalue weighted by atomic mass is 35.5. The highest BCUT2D eigenvalue weighted by molar-refractivity contribution is 7.92. The fourth-order valence-corrected chi connectivity index (χ4v) is 3.04. The number of carboxylic acids is 1. The predicted octanol–water partition coefficient (Wildman–Crippen LogP) is 2.86. The van der Waals surface area contributed by atoms with Crippen molar-refractivity contribution in [2.24, 2.45) is 0 Å². The minimum atomic E-state index is -3.75. The van der Waals surface area contributed by atoms with Crippen molar-refractivity contribution >= 4 is 33.3 Å². The zero-order valence-corrected chi connectivity index (χ0v) is 12.6. The molecule has 21 heavy (non-hydrogen) atoms. The van der Waals surface area contributed by atoms with Gasteiger partial charge in [-0.05, 0) is 48.5 Å². The first kappa shape index (κ1) is 15.3. The minimum absolute atomic E-state index is 0.0185. The number of anilines is 1. The molecule has 7 heteroatoms. The highest BCUT2D eigenvalue weighted by Gasteiger charge is 2.21. The van der Waals surface area contributed by atoms with Crippen molar-refractivity contribution in [3.05, 3.63) is 59.1 Å². The summed E-state index contributed by atoms with van der Waals surface area (Å²) in [6.45, 7) is 0. The first-order valence-electron chi connectivity index (χ1n) is 5.90. The molecule has 0 spiro atoms. The van der Waals surface area contributed by atoms with E-state index in [4.69, 9.17) is 16.7 Å². The van der Waals surface area contributed by atoms with Gasteiger partial charge in [0, 0.05) is 12.1 Å². The Balaban J connectivity index is 2.36. The van der Waals surface area contributed by atoms with Gasteiger partial charge in [-0.15, -0.1) is 0 Å². The van der Waals surface area contributed by atoms with E-state index in [-0.39, 0.29) is 10.5 Å². The maximum atomic E-state index is 12.4. The summed E-state index contributed by atoms with van der Waals surface area (Å²) in [6, 6.07) is 11.4. The maximum Gasteiger partial charge on any atom is 0.335 e. The largest absolute Gasteiger partial charge is 0.478 e. The zero-order chi connectivity index (χ0) is 15.6. The standard InChI is InChI=1S/C14H12ClNO4S/c1-16(12-6-4-11(15)5-7-12)21(19,20)13-8-2-10(3-9-13)14(17)18/h2-9H,1H3,(H,17,18). The summed E-state index contributed by atoms with van der Waals surface area (Å²) in [5.41, 5.74) is 0.491. The molecule has 1 N–H and O–H groups in total. The molecule has 0 fully saturated rings. The summed E-state index contributed by atoms with van der Waals surface area (Å²) < 4.78 is 26.0. The number of halogens is 1. The molecule has 2 aromatic rings. The second kappa shape index (κ2) is 5.75. The molecule has 0 radical (unpaired) electrons. The van der Waals surface area contributed by atoms with E-state index >= 15 is 0 Å². The molecule has 0 aliphatic rings. The van der Waals surface area contributed by atoms with Crippen LogP contribution in [0.15, 0.2) is 53.4 Å². The van der Waals surface area contributed by atoms with Crippen LogP contribution in [0.3, 0.4) is 0 Å². The molecule has 0 saturated heterocycles. The van der Waals surface area contributed by atoms with Crippen molar-refractivity contribution in [2.75, 3.05) is 11.4 Å². The topological polar surface area (TPSA) is 74.7 Å². The fraction of sp³-hybridized carbons (Fsp3) is 0.0714. The Morgan fingerprint density at radius 2 is 1.57 bits per heavy atom. The number of sulfonamides is 1. The smallest absolute Gasteiger partial charge is 0.335 e. The number of carboxylic acid groups (broad SMARTS) is 1. The van der Waals surface area contributed by atoms with Crippen molar-refractivity contribution in [2.45, 2.75) is 4.90 Å². The molecule has 2 aromatic carbocycles. The van der Waals surface area contributed by atoms with Crippen molar-refractivity contribution in [3.8, 4) is 0 Å². The Morgan fingerprint density at radius 1 is 1.05 bits per heavy atom. The number of nitrogens with zero attached hydrogens (tertiary/aromatic N) is 1. The molecule has 0 aliphatic carbocycles. The first-order valence-corrected chi connectivity index (χ1v) is 7.72. The van der Waals surface area contributed by atoms with E-state index in [0.717, 1.165) is 4.31 Å². The van der Waals surface area contributed by atoms with Gasteiger partial charge in [-0.1, -0.05) is 11.6 Å². The third-order valence-electron chi connectivity index (χ3n) is 2.95. The predicted molar refractivity (Wildman–Crippen MR) is 80.4 cm³/mol. The van der Waals surface area contributed by atoms with Crippen molar-refractivity contribution < 1.29 is 18.3 Å². The van der Waals surface area contributed by atoms with E-state index in [2.05, 4.69) is 0 Å². The molecule has 0 aromatic heterocycles. The summed E-state index contributed by atoms with van der Waals surface area (Å²) in [7, 11) is -2.33. The Hall–Kier alpha value is -2.05. The zero-order valence-electron chi connectivity index (χ0n) is 11.0. The van der Waals surface area contributed by atoms with Gasteiger partial charge in [-0.25, -0.2) is 13.2 Å². The van der Waals surface area contributed by atoms with E-state index < -0.39 is 16.0 Å². The van der Waals surface area contributed by atoms with Crippen LogP contribution in [0.25, 0.3) is 0 Å². The molecule has 110 valence electrons. The monoisotopic (exact) mass is 325 g/mol. The number of rotatable bonds is 4. The second-order valence-electron chi connectivity index (χ2n) is 4.28.